The summed E-state index contributed by atoms with van der Waals surface area (Å²) in [7, 11) is 0. The van der Waals surface area contributed by atoms with Gasteiger partial charge in [-0.2, -0.15) is 0 Å². The maximum absolute atomic E-state index is 2.40. The summed E-state index contributed by atoms with van der Waals surface area (Å²) in [5.74, 6) is 1.54. The van der Waals surface area contributed by atoms with Crippen LogP contribution in [-0.2, 0) is 0 Å². The van der Waals surface area contributed by atoms with E-state index in [-0.39, 0.29) is 0 Å². The van der Waals surface area contributed by atoms with Crippen LogP contribution in [0.3, 0.4) is 0 Å². The van der Waals surface area contributed by atoms with Crippen LogP contribution in [0.2, 0.25) is 0 Å². The largest absolute Gasteiger partial charge is 0.0617 e. The van der Waals surface area contributed by atoms with Crippen LogP contribution in [0.15, 0.2) is 24.3 Å². The molecule has 0 bridgehead atoms. The van der Waals surface area contributed by atoms with Gasteiger partial charge in [0, 0.05) is 0 Å². The van der Waals surface area contributed by atoms with E-state index in [1.165, 1.54) is 24.8 Å². The molecule has 1 aromatic rings. The Balaban J connectivity index is 2.21. The van der Waals surface area contributed by atoms with Gasteiger partial charge >= 0.3 is 0 Å². The number of hydrogen-bond donors (Lipinski definition) is 0. The van der Waals surface area contributed by atoms with E-state index in [4.69, 9.17) is 0 Å². The van der Waals surface area contributed by atoms with E-state index in [0.29, 0.717) is 5.92 Å². The summed E-state index contributed by atoms with van der Waals surface area (Å²) in [5.41, 5.74) is 3.06. The first-order chi connectivity index (χ1) is 6.27. The van der Waals surface area contributed by atoms with Gasteiger partial charge in [0.05, 0.1) is 0 Å². The average Bonchev–Trinajstić information content (AvgIpc) is 2.01. The zero-order chi connectivity index (χ0) is 9.26. The highest BCUT2D eigenvalue weighted by molar-refractivity contribution is 5.29. The molecule has 0 saturated heterocycles. The molecule has 1 aromatic carbocycles. The molecule has 0 spiro atoms. The molecule has 0 atom stereocenters. The Morgan fingerprint density at radius 3 is 2.54 bits per heavy atom. The van der Waals surface area contributed by atoms with E-state index in [2.05, 4.69) is 38.1 Å². The van der Waals surface area contributed by atoms with E-state index in [9.17, 15) is 0 Å². The molecule has 70 valence electrons. The summed E-state index contributed by atoms with van der Waals surface area (Å²) in [6, 6.07) is 9.14. The van der Waals surface area contributed by atoms with Gasteiger partial charge in [-0.05, 0) is 35.8 Å². The van der Waals surface area contributed by atoms with Crippen molar-refractivity contribution in [3.63, 3.8) is 0 Å². The van der Waals surface area contributed by atoms with Crippen LogP contribution in [0.5, 0.6) is 0 Å². The molecule has 0 aliphatic heterocycles. The second-order valence-electron chi connectivity index (χ2n) is 4.45. The van der Waals surface area contributed by atoms with Crippen LogP contribution in [0, 0.1) is 0 Å². The van der Waals surface area contributed by atoms with Gasteiger partial charge in [0.2, 0.25) is 0 Å². The Labute approximate surface area is 81.0 Å². The second kappa shape index (κ2) is 3.53. The zero-order valence-electron chi connectivity index (χ0n) is 8.59. The third-order valence-corrected chi connectivity index (χ3v) is 3.15. The minimum absolute atomic E-state index is 0.667. The minimum Gasteiger partial charge on any atom is -0.0617 e. The first-order valence-corrected chi connectivity index (χ1v) is 5.37. The summed E-state index contributed by atoms with van der Waals surface area (Å²) in [4.78, 5) is 0. The van der Waals surface area contributed by atoms with Crippen LogP contribution in [0.1, 0.15) is 56.1 Å². The van der Waals surface area contributed by atoms with Gasteiger partial charge in [0.15, 0.2) is 0 Å². The van der Waals surface area contributed by atoms with Crippen molar-refractivity contribution in [1.29, 1.82) is 0 Å². The first-order valence-electron chi connectivity index (χ1n) is 5.37. The topological polar surface area (TPSA) is 0 Å². The molecule has 0 heteroatoms. The molecule has 0 heterocycles. The fraction of sp³-hybridized carbons (Fsp3) is 0.538. The Morgan fingerprint density at radius 1 is 1.23 bits per heavy atom. The molecule has 0 aromatic heterocycles. The summed E-state index contributed by atoms with van der Waals surface area (Å²) >= 11 is 0. The monoisotopic (exact) mass is 174 g/mol. The minimum atomic E-state index is 0.667. The molecule has 2 rings (SSSR count). The molecule has 0 N–H and O–H groups in total. The summed E-state index contributed by atoms with van der Waals surface area (Å²) in [6.45, 7) is 4.53. The lowest BCUT2D eigenvalue weighted by atomic mass is 9.79. The first kappa shape index (κ1) is 8.80. The van der Waals surface area contributed by atoms with Crippen LogP contribution >= 0.6 is 0 Å². The predicted octanol–water partition coefficient (Wildman–Crippen LogP) is 4.08. The SMILES string of the molecule is CC(C)c1cccc(C2CCC2)c1. The van der Waals surface area contributed by atoms with E-state index >= 15 is 0 Å². The van der Waals surface area contributed by atoms with Gasteiger partial charge in [0.1, 0.15) is 0 Å². The highest BCUT2D eigenvalue weighted by Gasteiger charge is 2.19. The average molecular weight is 174 g/mol. The van der Waals surface area contributed by atoms with Gasteiger partial charge in [-0.15, -0.1) is 0 Å². The van der Waals surface area contributed by atoms with Gasteiger partial charge in [-0.3, -0.25) is 0 Å². The molecular weight excluding hydrogens is 156 g/mol. The highest BCUT2D eigenvalue weighted by Crippen LogP contribution is 2.36. The van der Waals surface area contributed by atoms with Crippen molar-refractivity contribution in [2.24, 2.45) is 0 Å². The Morgan fingerprint density at radius 2 is 2.00 bits per heavy atom. The van der Waals surface area contributed by atoms with Gasteiger partial charge in [-0.1, -0.05) is 44.5 Å². The Hall–Kier alpha value is -0.780. The second-order valence-corrected chi connectivity index (χ2v) is 4.45. The van der Waals surface area contributed by atoms with Crippen LogP contribution in [0.25, 0.3) is 0 Å². The van der Waals surface area contributed by atoms with E-state index in [0.717, 1.165) is 5.92 Å². The molecule has 0 amide bonds. The Bertz CT molecular complexity index is 282. The van der Waals surface area contributed by atoms with Crippen molar-refractivity contribution in [1.82, 2.24) is 0 Å². The van der Waals surface area contributed by atoms with E-state index < -0.39 is 0 Å². The smallest absolute Gasteiger partial charge is 0.0162 e. The molecule has 0 unspecified atom stereocenters. The molecular formula is C13H18. The van der Waals surface area contributed by atoms with Crippen molar-refractivity contribution in [2.45, 2.75) is 44.9 Å². The maximum atomic E-state index is 2.40. The summed E-state index contributed by atoms with van der Waals surface area (Å²) in [5, 5.41) is 0. The molecule has 1 saturated carbocycles. The number of benzene rings is 1. The standard InChI is InChI=1S/C13H18/c1-10(2)12-7-4-8-13(9-12)11-5-3-6-11/h4,7-11H,3,5-6H2,1-2H3. The third kappa shape index (κ3) is 1.77. The number of rotatable bonds is 2. The van der Waals surface area contributed by atoms with Gasteiger partial charge in [-0.25, -0.2) is 0 Å². The third-order valence-electron chi connectivity index (χ3n) is 3.15. The number of hydrogen-bond acceptors (Lipinski definition) is 0. The lowest BCUT2D eigenvalue weighted by molar-refractivity contribution is 0.419. The van der Waals surface area contributed by atoms with Crippen LogP contribution in [0.4, 0.5) is 0 Å². The zero-order valence-corrected chi connectivity index (χ0v) is 8.59. The normalized spacial score (nSPS) is 17.5. The van der Waals surface area contributed by atoms with E-state index in [1.54, 1.807) is 5.56 Å². The van der Waals surface area contributed by atoms with Crippen LogP contribution < -0.4 is 0 Å². The summed E-state index contributed by atoms with van der Waals surface area (Å²) < 4.78 is 0. The van der Waals surface area contributed by atoms with Crippen molar-refractivity contribution in [2.75, 3.05) is 0 Å². The summed E-state index contributed by atoms with van der Waals surface area (Å²) in [6.07, 6.45) is 4.24. The quantitative estimate of drug-likeness (QED) is 0.633. The molecule has 0 nitrogen and oxygen atoms in total. The molecule has 1 aliphatic carbocycles. The van der Waals surface area contributed by atoms with Crippen molar-refractivity contribution in [3.05, 3.63) is 35.4 Å². The molecule has 0 radical (unpaired) electrons. The molecule has 13 heavy (non-hydrogen) atoms. The fourth-order valence-corrected chi connectivity index (χ4v) is 1.91. The molecule has 1 aliphatic rings. The highest BCUT2D eigenvalue weighted by atomic mass is 14.2. The lowest BCUT2D eigenvalue weighted by Gasteiger charge is -2.26. The predicted molar refractivity (Wildman–Crippen MR) is 57.1 cm³/mol. The van der Waals surface area contributed by atoms with Crippen molar-refractivity contribution < 1.29 is 0 Å². The van der Waals surface area contributed by atoms with Gasteiger partial charge < -0.3 is 0 Å². The van der Waals surface area contributed by atoms with Gasteiger partial charge in [0.25, 0.3) is 0 Å². The van der Waals surface area contributed by atoms with Crippen molar-refractivity contribution in [3.8, 4) is 0 Å². The lowest BCUT2D eigenvalue weighted by Crippen LogP contribution is -2.08. The molecule has 1 fully saturated rings. The van der Waals surface area contributed by atoms with Crippen LogP contribution in [-0.4, -0.2) is 0 Å². The fourth-order valence-electron chi connectivity index (χ4n) is 1.91. The Kier molecular flexibility index (Phi) is 2.39. The maximum Gasteiger partial charge on any atom is -0.0162 e. The van der Waals surface area contributed by atoms with E-state index in [1.807, 2.05) is 0 Å². The van der Waals surface area contributed by atoms with Crippen molar-refractivity contribution >= 4 is 0 Å².